The van der Waals surface area contributed by atoms with Crippen molar-refractivity contribution in [1.82, 2.24) is 0 Å². The van der Waals surface area contributed by atoms with Gasteiger partial charge in [-0.05, 0) is 63.0 Å². The number of allylic oxidation sites excluding steroid dienone is 4. The number of alkyl halides is 1. The fourth-order valence-electron chi connectivity index (χ4n) is 7.99. The van der Waals surface area contributed by atoms with Gasteiger partial charge in [-0.1, -0.05) is 45.3 Å². The first-order valence-electron chi connectivity index (χ1n) is 13.1. The van der Waals surface area contributed by atoms with Crippen LogP contribution in [0.5, 0.6) is 0 Å². The molecular weight excluding hydrogens is 451 g/mol. The maximum Gasteiger partial charge on any atom is 0.306 e. The maximum absolute atomic E-state index is 17.2. The van der Waals surface area contributed by atoms with Crippen LogP contribution in [0.3, 0.4) is 0 Å². The first-order chi connectivity index (χ1) is 16.4. The second-order valence-electron chi connectivity index (χ2n) is 11.7. The number of rotatable bonds is 7. The first-order valence-corrected chi connectivity index (χ1v) is 13.1. The highest BCUT2D eigenvalue weighted by atomic mass is 19.1. The molecule has 2 unspecified atom stereocenters. The van der Waals surface area contributed by atoms with Crippen molar-refractivity contribution in [3.63, 3.8) is 0 Å². The van der Waals surface area contributed by atoms with E-state index in [-0.39, 0.29) is 24.5 Å². The van der Waals surface area contributed by atoms with Crippen LogP contribution in [0.4, 0.5) is 4.39 Å². The van der Waals surface area contributed by atoms with Gasteiger partial charge in [-0.25, -0.2) is 4.39 Å². The Kier molecular flexibility index (Phi) is 6.67. The van der Waals surface area contributed by atoms with E-state index in [1.165, 1.54) is 12.2 Å². The number of carbonyl (C=O) groups excluding carboxylic acids is 3. The number of ether oxygens (including phenoxy) is 1. The third kappa shape index (κ3) is 3.59. The number of hydrogen-bond donors (Lipinski definition) is 2. The zero-order valence-electron chi connectivity index (χ0n) is 21.3. The molecule has 0 bridgehead atoms. The minimum Gasteiger partial charge on any atom is -0.458 e. The summed E-state index contributed by atoms with van der Waals surface area (Å²) in [5.74, 6) is -2.63. The lowest BCUT2D eigenvalue weighted by Crippen LogP contribution is -2.69. The van der Waals surface area contributed by atoms with Crippen molar-refractivity contribution in [3.05, 3.63) is 23.8 Å². The van der Waals surface area contributed by atoms with Crippen LogP contribution in [0.25, 0.3) is 0 Å². The topological polar surface area (TPSA) is 101 Å². The van der Waals surface area contributed by atoms with Gasteiger partial charge in [-0.3, -0.25) is 14.4 Å². The summed E-state index contributed by atoms with van der Waals surface area (Å²) >= 11 is 0. The number of Topliss-reactive ketones (excluding diaryl/α,β-unsaturated/α-hetero) is 1. The molecule has 0 amide bonds. The van der Waals surface area contributed by atoms with E-state index in [2.05, 4.69) is 0 Å². The Hall–Kier alpha value is -1.86. The standard InChI is InChI=1S/C28H39FO6/c1-5-6-7-8-24(33)35-16-23(32)28(34)17(2)13-21-20-10-9-18-14-19(30)11-12-25(18,3)27(20,29)22(31)15-26(21,28)4/h11-12,14,17,20-22,31,34H,5-10,13,15-16H2,1-4H3/t17-,20?,21?,22+,25+,26+,27+,28+/m1/s1. The highest BCUT2D eigenvalue weighted by Gasteiger charge is 2.75. The lowest BCUT2D eigenvalue weighted by atomic mass is 9.44. The highest BCUT2D eigenvalue weighted by molar-refractivity contribution is 6.01. The molecular formula is C28H39FO6. The van der Waals surface area contributed by atoms with E-state index in [1.54, 1.807) is 26.8 Å². The molecule has 4 rings (SSSR count). The van der Waals surface area contributed by atoms with Crippen LogP contribution in [0.15, 0.2) is 23.8 Å². The van der Waals surface area contributed by atoms with Crippen LogP contribution < -0.4 is 0 Å². The lowest BCUT2D eigenvalue weighted by Gasteiger charge is -2.62. The fraction of sp³-hybridized carbons (Fsp3) is 0.750. The van der Waals surface area contributed by atoms with Gasteiger partial charge in [0.25, 0.3) is 0 Å². The second-order valence-corrected chi connectivity index (χ2v) is 11.7. The summed E-state index contributed by atoms with van der Waals surface area (Å²) in [7, 11) is 0. The molecule has 194 valence electrons. The van der Waals surface area contributed by atoms with E-state index in [0.717, 1.165) is 12.8 Å². The Balaban J connectivity index is 1.61. The number of halogens is 1. The molecule has 0 radical (unpaired) electrons. The van der Waals surface area contributed by atoms with Gasteiger partial charge in [0.05, 0.1) is 6.10 Å². The monoisotopic (exact) mass is 490 g/mol. The van der Waals surface area contributed by atoms with Gasteiger partial charge in [0, 0.05) is 23.2 Å². The molecule has 3 fully saturated rings. The predicted molar refractivity (Wildman–Crippen MR) is 128 cm³/mol. The van der Waals surface area contributed by atoms with Crippen LogP contribution in [0.1, 0.15) is 79.1 Å². The fourth-order valence-corrected chi connectivity index (χ4v) is 7.99. The smallest absolute Gasteiger partial charge is 0.306 e. The molecule has 8 atom stereocenters. The van der Waals surface area contributed by atoms with Crippen molar-refractivity contribution < 1.29 is 33.7 Å². The average Bonchev–Trinajstić information content (AvgIpc) is 3.00. The number of unbranched alkanes of at least 4 members (excludes halogenated alkanes) is 2. The quantitative estimate of drug-likeness (QED) is 0.413. The van der Waals surface area contributed by atoms with Crippen LogP contribution in [-0.2, 0) is 19.1 Å². The number of ketones is 2. The van der Waals surface area contributed by atoms with E-state index in [1.807, 2.05) is 6.92 Å². The Morgan fingerprint density at radius 2 is 1.94 bits per heavy atom. The van der Waals surface area contributed by atoms with Crippen molar-refractivity contribution in [2.75, 3.05) is 6.61 Å². The molecule has 0 aliphatic heterocycles. The minimum absolute atomic E-state index is 0.0909. The van der Waals surface area contributed by atoms with Crippen molar-refractivity contribution in [2.24, 2.45) is 28.6 Å². The Morgan fingerprint density at radius 3 is 2.63 bits per heavy atom. The third-order valence-corrected chi connectivity index (χ3v) is 10.00. The van der Waals surface area contributed by atoms with Gasteiger partial charge in [-0.15, -0.1) is 0 Å². The molecule has 3 saturated carbocycles. The van der Waals surface area contributed by atoms with Crippen LogP contribution in [0, 0.1) is 28.6 Å². The van der Waals surface area contributed by atoms with Crippen molar-refractivity contribution >= 4 is 17.5 Å². The zero-order valence-corrected chi connectivity index (χ0v) is 21.3. The molecule has 35 heavy (non-hydrogen) atoms. The maximum atomic E-state index is 17.2. The molecule has 4 aliphatic carbocycles. The van der Waals surface area contributed by atoms with Gasteiger partial charge in [0.1, 0.15) is 5.60 Å². The molecule has 2 N–H and O–H groups in total. The number of carbonyl (C=O) groups is 3. The van der Waals surface area contributed by atoms with Gasteiger partial charge in [-0.2, -0.15) is 0 Å². The van der Waals surface area contributed by atoms with E-state index >= 15 is 4.39 Å². The summed E-state index contributed by atoms with van der Waals surface area (Å²) in [6.07, 6.45) is 7.10. The number of aliphatic hydroxyl groups excluding tert-OH is 1. The predicted octanol–water partition coefficient (Wildman–Crippen LogP) is 4.03. The van der Waals surface area contributed by atoms with E-state index in [0.29, 0.717) is 31.3 Å². The SMILES string of the molecule is CCCCCC(=O)OCC(=O)[C@@]1(O)[C@H](C)CC2C3CCC4=CC(=O)C=C[C@]4(C)[C@@]3(F)[C@@H](O)C[C@@]21C. The zero-order chi connectivity index (χ0) is 25.8. The van der Waals surface area contributed by atoms with Crippen molar-refractivity contribution in [3.8, 4) is 0 Å². The Morgan fingerprint density at radius 1 is 1.23 bits per heavy atom. The van der Waals surface area contributed by atoms with Gasteiger partial charge < -0.3 is 14.9 Å². The molecule has 0 spiro atoms. The number of fused-ring (bicyclic) bond motifs is 5. The largest absolute Gasteiger partial charge is 0.458 e. The Bertz CT molecular complexity index is 972. The lowest BCUT2D eigenvalue weighted by molar-refractivity contribution is -0.220. The third-order valence-electron chi connectivity index (χ3n) is 10.00. The van der Waals surface area contributed by atoms with E-state index in [9.17, 15) is 24.6 Å². The molecule has 0 aromatic heterocycles. The molecule has 0 aromatic carbocycles. The van der Waals surface area contributed by atoms with E-state index < -0.39 is 58.4 Å². The highest BCUT2D eigenvalue weighted by Crippen LogP contribution is 2.70. The molecule has 0 saturated heterocycles. The molecule has 7 heteroatoms. The second kappa shape index (κ2) is 8.91. The van der Waals surface area contributed by atoms with Crippen molar-refractivity contribution in [1.29, 1.82) is 0 Å². The number of aliphatic hydroxyl groups is 2. The molecule has 0 heterocycles. The van der Waals surface area contributed by atoms with E-state index in [4.69, 9.17) is 4.74 Å². The van der Waals surface area contributed by atoms with Crippen LogP contribution >= 0.6 is 0 Å². The van der Waals surface area contributed by atoms with Gasteiger partial charge >= 0.3 is 5.97 Å². The van der Waals surface area contributed by atoms with Gasteiger partial charge in [0.15, 0.2) is 18.1 Å². The summed E-state index contributed by atoms with van der Waals surface area (Å²) in [6, 6.07) is 0. The molecule has 6 nitrogen and oxygen atoms in total. The number of esters is 1. The first kappa shape index (κ1) is 26.2. The summed E-state index contributed by atoms with van der Waals surface area (Å²) in [6.45, 7) is 6.81. The minimum atomic E-state index is -2.02. The molecule has 0 aromatic rings. The van der Waals surface area contributed by atoms with Crippen LogP contribution in [-0.4, -0.2) is 51.7 Å². The average molecular weight is 491 g/mol. The van der Waals surface area contributed by atoms with Crippen LogP contribution in [0.2, 0.25) is 0 Å². The summed E-state index contributed by atoms with van der Waals surface area (Å²) in [5.41, 5.74) is -5.34. The normalized spacial score (nSPS) is 44.2. The number of hydrogen-bond acceptors (Lipinski definition) is 6. The molecule has 4 aliphatic rings. The summed E-state index contributed by atoms with van der Waals surface area (Å²) in [5, 5.41) is 23.2. The Labute approximate surface area is 207 Å². The van der Waals surface area contributed by atoms with Crippen molar-refractivity contribution in [2.45, 2.75) is 96.4 Å². The summed E-state index contributed by atoms with van der Waals surface area (Å²) < 4.78 is 22.4. The summed E-state index contributed by atoms with van der Waals surface area (Å²) in [4.78, 5) is 37.4. The van der Waals surface area contributed by atoms with Gasteiger partial charge in [0.2, 0.25) is 5.78 Å².